The van der Waals surface area contributed by atoms with Crippen LogP contribution in [0.15, 0.2) is 34.9 Å². The molecule has 0 radical (unpaired) electrons. The van der Waals surface area contributed by atoms with Gasteiger partial charge in [-0.25, -0.2) is 4.98 Å². The molecule has 0 saturated heterocycles. The predicted molar refractivity (Wildman–Crippen MR) is 57.2 cm³/mol. The zero-order valence-corrected chi connectivity index (χ0v) is 8.59. The standard InChI is InChI=1S/C12H11NO3/c14-6-5-11-8-13-12(16-11)7-9-1-3-10(15)4-2-9/h1-4,6,8,15H,5,7H2. The number of hydrogen-bond donors (Lipinski definition) is 1. The maximum Gasteiger partial charge on any atom is 0.198 e. The van der Waals surface area contributed by atoms with Gasteiger partial charge in [0.15, 0.2) is 5.89 Å². The second-order valence-electron chi connectivity index (χ2n) is 3.43. The van der Waals surface area contributed by atoms with Crippen LogP contribution >= 0.6 is 0 Å². The van der Waals surface area contributed by atoms with E-state index in [1.54, 1.807) is 30.5 Å². The van der Waals surface area contributed by atoms with Crippen LogP contribution in [0.3, 0.4) is 0 Å². The van der Waals surface area contributed by atoms with E-state index < -0.39 is 0 Å². The molecular weight excluding hydrogens is 206 g/mol. The SMILES string of the molecule is O=CCc1cnc(Cc2ccc(O)cc2)o1. The van der Waals surface area contributed by atoms with Crippen LogP contribution in [-0.4, -0.2) is 16.4 Å². The molecule has 0 atom stereocenters. The summed E-state index contributed by atoms with van der Waals surface area (Å²) >= 11 is 0. The highest BCUT2D eigenvalue weighted by Gasteiger charge is 2.04. The van der Waals surface area contributed by atoms with Crippen LogP contribution in [0, 0.1) is 0 Å². The number of oxazole rings is 1. The lowest BCUT2D eigenvalue weighted by Crippen LogP contribution is -1.87. The minimum atomic E-state index is 0.234. The van der Waals surface area contributed by atoms with Gasteiger partial charge >= 0.3 is 0 Å². The molecule has 0 spiro atoms. The largest absolute Gasteiger partial charge is 0.508 e. The first kappa shape index (κ1) is 10.4. The summed E-state index contributed by atoms with van der Waals surface area (Å²) in [5.41, 5.74) is 0.998. The predicted octanol–water partition coefficient (Wildman–Crippen LogP) is 1.71. The van der Waals surface area contributed by atoms with Gasteiger partial charge in [0.1, 0.15) is 17.8 Å². The molecule has 1 aromatic heterocycles. The van der Waals surface area contributed by atoms with E-state index in [0.717, 1.165) is 11.8 Å². The van der Waals surface area contributed by atoms with Gasteiger partial charge in [-0.1, -0.05) is 12.1 Å². The van der Waals surface area contributed by atoms with Crippen LogP contribution in [-0.2, 0) is 17.6 Å². The van der Waals surface area contributed by atoms with E-state index in [1.165, 1.54) is 0 Å². The quantitative estimate of drug-likeness (QED) is 0.792. The summed E-state index contributed by atoms with van der Waals surface area (Å²) in [6, 6.07) is 6.84. The molecule has 0 aliphatic heterocycles. The summed E-state index contributed by atoms with van der Waals surface area (Å²) in [5.74, 6) is 1.38. The van der Waals surface area contributed by atoms with E-state index in [-0.39, 0.29) is 12.2 Å². The fourth-order valence-electron chi connectivity index (χ4n) is 1.39. The lowest BCUT2D eigenvalue weighted by molar-refractivity contribution is -0.107. The van der Waals surface area contributed by atoms with Crippen molar-refractivity contribution >= 4 is 6.29 Å². The Morgan fingerprint density at radius 2 is 2.06 bits per heavy atom. The molecule has 2 aromatic rings. The van der Waals surface area contributed by atoms with Crippen molar-refractivity contribution in [2.24, 2.45) is 0 Å². The van der Waals surface area contributed by atoms with Crippen molar-refractivity contribution < 1.29 is 14.3 Å². The molecule has 0 bridgehead atoms. The van der Waals surface area contributed by atoms with Gasteiger partial charge in [-0.15, -0.1) is 0 Å². The van der Waals surface area contributed by atoms with Crippen LogP contribution in [0.2, 0.25) is 0 Å². The number of phenolic OH excluding ortho intramolecular Hbond substituents is 1. The Bertz CT molecular complexity index is 473. The number of nitrogens with zero attached hydrogens (tertiary/aromatic N) is 1. The van der Waals surface area contributed by atoms with E-state index in [9.17, 15) is 4.79 Å². The molecule has 0 unspecified atom stereocenters. The van der Waals surface area contributed by atoms with Crippen molar-refractivity contribution in [1.29, 1.82) is 0 Å². The Kier molecular flexibility index (Phi) is 3.00. The zero-order chi connectivity index (χ0) is 11.4. The Morgan fingerprint density at radius 3 is 2.75 bits per heavy atom. The molecule has 2 rings (SSSR count). The molecule has 0 aliphatic rings. The van der Waals surface area contributed by atoms with E-state index in [2.05, 4.69) is 4.98 Å². The molecule has 16 heavy (non-hydrogen) atoms. The maximum absolute atomic E-state index is 10.3. The number of carbonyl (C=O) groups is 1. The minimum absolute atomic E-state index is 0.234. The number of benzene rings is 1. The Hall–Kier alpha value is -2.10. The topological polar surface area (TPSA) is 63.3 Å². The molecule has 0 saturated carbocycles. The monoisotopic (exact) mass is 217 g/mol. The number of aldehydes is 1. The van der Waals surface area contributed by atoms with Gasteiger partial charge in [0.05, 0.1) is 12.6 Å². The van der Waals surface area contributed by atoms with Crippen molar-refractivity contribution in [3.8, 4) is 5.75 Å². The Balaban J connectivity index is 2.08. The van der Waals surface area contributed by atoms with E-state index in [1.807, 2.05) is 0 Å². The number of carbonyl (C=O) groups excluding carboxylic acids is 1. The first-order valence-electron chi connectivity index (χ1n) is 4.93. The maximum atomic E-state index is 10.3. The van der Waals surface area contributed by atoms with E-state index >= 15 is 0 Å². The fraction of sp³-hybridized carbons (Fsp3) is 0.167. The molecule has 4 heteroatoms. The summed E-state index contributed by atoms with van der Waals surface area (Å²) in [6.07, 6.45) is 3.15. The van der Waals surface area contributed by atoms with Crippen molar-refractivity contribution in [2.75, 3.05) is 0 Å². The second kappa shape index (κ2) is 4.61. The third-order valence-electron chi connectivity index (χ3n) is 2.18. The molecule has 0 fully saturated rings. The first-order valence-corrected chi connectivity index (χ1v) is 4.93. The van der Waals surface area contributed by atoms with E-state index in [0.29, 0.717) is 18.1 Å². The molecule has 1 aromatic carbocycles. The van der Waals surface area contributed by atoms with Gasteiger partial charge in [0.25, 0.3) is 0 Å². The molecule has 0 aliphatic carbocycles. The zero-order valence-electron chi connectivity index (χ0n) is 8.59. The molecule has 1 heterocycles. The molecule has 1 N–H and O–H groups in total. The normalized spacial score (nSPS) is 10.2. The number of aromatic nitrogens is 1. The lowest BCUT2D eigenvalue weighted by atomic mass is 10.1. The van der Waals surface area contributed by atoms with Gasteiger partial charge in [-0.2, -0.15) is 0 Å². The van der Waals surface area contributed by atoms with Crippen molar-refractivity contribution in [3.63, 3.8) is 0 Å². The highest BCUT2D eigenvalue weighted by Crippen LogP contribution is 2.14. The summed E-state index contributed by atoms with van der Waals surface area (Å²) < 4.78 is 5.35. The molecule has 4 nitrogen and oxygen atoms in total. The van der Waals surface area contributed by atoms with Gasteiger partial charge in [0, 0.05) is 6.42 Å². The third kappa shape index (κ3) is 2.48. The average Bonchev–Trinajstić information content (AvgIpc) is 2.70. The van der Waals surface area contributed by atoms with Crippen LogP contribution in [0.25, 0.3) is 0 Å². The van der Waals surface area contributed by atoms with Crippen molar-refractivity contribution in [3.05, 3.63) is 47.7 Å². The van der Waals surface area contributed by atoms with Crippen LogP contribution in [0.5, 0.6) is 5.75 Å². The second-order valence-corrected chi connectivity index (χ2v) is 3.43. The lowest BCUT2D eigenvalue weighted by Gasteiger charge is -1.97. The average molecular weight is 217 g/mol. The van der Waals surface area contributed by atoms with Gasteiger partial charge in [0.2, 0.25) is 0 Å². The number of aromatic hydroxyl groups is 1. The molecule has 0 amide bonds. The van der Waals surface area contributed by atoms with Crippen molar-refractivity contribution in [1.82, 2.24) is 4.98 Å². The third-order valence-corrected chi connectivity index (χ3v) is 2.18. The fourth-order valence-corrected chi connectivity index (χ4v) is 1.39. The van der Waals surface area contributed by atoms with Gasteiger partial charge < -0.3 is 14.3 Å². The highest BCUT2D eigenvalue weighted by molar-refractivity contribution is 5.52. The Morgan fingerprint density at radius 1 is 1.31 bits per heavy atom. The Labute approximate surface area is 92.6 Å². The van der Waals surface area contributed by atoms with Crippen LogP contribution in [0.1, 0.15) is 17.2 Å². The van der Waals surface area contributed by atoms with Gasteiger partial charge in [-0.3, -0.25) is 0 Å². The highest BCUT2D eigenvalue weighted by atomic mass is 16.4. The van der Waals surface area contributed by atoms with Crippen LogP contribution in [0.4, 0.5) is 0 Å². The summed E-state index contributed by atoms with van der Waals surface area (Å²) in [6.45, 7) is 0. The number of hydrogen-bond acceptors (Lipinski definition) is 4. The van der Waals surface area contributed by atoms with Crippen LogP contribution < -0.4 is 0 Å². The number of rotatable bonds is 4. The van der Waals surface area contributed by atoms with Crippen molar-refractivity contribution in [2.45, 2.75) is 12.8 Å². The van der Waals surface area contributed by atoms with E-state index in [4.69, 9.17) is 9.52 Å². The first-order chi connectivity index (χ1) is 7.78. The summed E-state index contributed by atoms with van der Waals surface area (Å²) in [5, 5.41) is 9.12. The minimum Gasteiger partial charge on any atom is -0.508 e. The molecule has 82 valence electrons. The smallest absolute Gasteiger partial charge is 0.198 e. The van der Waals surface area contributed by atoms with Gasteiger partial charge in [-0.05, 0) is 17.7 Å². The summed E-state index contributed by atoms with van der Waals surface area (Å²) in [4.78, 5) is 14.3. The summed E-state index contributed by atoms with van der Waals surface area (Å²) in [7, 11) is 0. The molecular formula is C12H11NO3. The number of phenols is 1.